The second-order valence-corrected chi connectivity index (χ2v) is 0.750. The predicted octanol–water partition coefficient (Wildman–Crippen LogP) is -26.2. The molecular weight excluding hydrogens is 324 g/mol. The van der Waals surface area contributed by atoms with Crippen molar-refractivity contribution in [2.24, 2.45) is 0 Å². The van der Waals surface area contributed by atoms with Gasteiger partial charge in [0, 0.05) is 9.17 Å². The van der Waals surface area contributed by atoms with Gasteiger partial charge in [-0.1, -0.05) is 0 Å². The fraction of sp³-hybridized carbons (Fsp3) is 0. The maximum atomic E-state index is 8.52. The molecule has 0 N–H and O–H groups in total. The topological polar surface area (TPSA) is 63.2 Å². The van der Waals surface area contributed by atoms with Crippen molar-refractivity contribution in [2.45, 2.75) is 0 Å². The molecule has 0 aromatic rings. The first kappa shape index (κ1) is 57.3. The molecule has 0 aromatic carbocycles. The van der Waals surface area contributed by atoms with E-state index in [-0.39, 0.29) is 332 Å². The van der Waals surface area contributed by atoms with E-state index in [9.17, 15) is 0 Å². The number of rotatable bonds is 0. The van der Waals surface area contributed by atoms with Crippen LogP contribution in [0.5, 0.6) is 0 Å². The van der Waals surface area contributed by atoms with Crippen LogP contribution in [-0.2, 0) is 4.46 Å². The van der Waals surface area contributed by atoms with Gasteiger partial charge in [-0.25, -0.2) is 0 Å². The maximum Gasteiger partial charge on any atom is 1.00 e. The summed E-state index contributed by atoms with van der Waals surface area (Å²) < 4.78 is 8.52. The number of hydrogen-bond donors (Lipinski definition) is 0. The first-order chi connectivity index (χ1) is 1.73. The fourth-order valence-corrected chi connectivity index (χ4v) is 0. The molecule has 12 heavy (non-hydrogen) atoms. The fourth-order valence-electron chi connectivity index (χ4n) is 0. The smallest absolute Gasteiger partial charge is 1.00 e. The van der Waals surface area contributed by atoms with Crippen LogP contribution in [0, 0.1) is 0 Å². The molecule has 0 saturated heterocycles. The summed E-state index contributed by atoms with van der Waals surface area (Å²) in [5.41, 5.74) is 0. The molecule has 0 bridgehead atoms. The Morgan fingerprint density at radius 3 is 0.750 bits per heavy atom. The summed E-state index contributed by atoms with van der Waals surface area (Å²) in [6, 6.07) is 0. The molecule has 36 valence electrons. The molecule has 0 spiro atoms. The molecule has 0 aliphatic rings. The van der Waals surface area contributed by atoms with Crippen molar-refractivity contribution in [1.82, 2.24) is 0 Å². The van der Waals surface area contributed by atoms with Gasteiger partial charge in [-0.3, -0.25) is 0 Å². The first-order valence-electron chi connectivity index (χ1n) is 0.612. The van der Waals surface area contributed by atoms with Crippen molar-refractivity contribution in [3.63, 3.8) is 0 Å². The molecular formula is H6K4Na4O3Si. The van der Waals surface area contributed by atoms with Crippen LogP contribution in [0.1, 0.15) is 8.56 Å². The monoisotopic (exact) mass is 330 g/mol. The van der Waals surface area contributed by atoms with Gasteiger partial charge in [0.1, 0.15) is 0 Å². The summed E-state index contributed by atoms with van der Waals surface area (Å²) >= 11 is 0. The molecule has 0 aromatic heterocycles. The summed E-state index contributed by atoms with van der Waals surface area (Å²) in [4.78, 5) is 17.0. The van der Waals surface area contributed by atoms with Crippen molar-refractivity contribution >= 4 is 9.17 Å². The second kappa shape index (κ2) is 49.7. The molecule has 0 fully saturated rings. The summed E-state index contributed by atoms with van der Waals surface area (Å²) in [5.74, 6) is 0. The van der Waals surface area contributed by atoms with Gasteiger partial charge in [-0.15, -0.1) is 0 Å². The zero-order chi connectivity index (χ0) is 3.58. The molecule has 0 rings (SSSR count). The average Bonchev–Trinajstić information content (AvgIpc) is 0.811. The van der Waals surface area contributed by atoms with Crippen LogP contribution in [-0.4, -0.2) is 9.17 Å². The Balaban J connectivity index is -0.000000000495. The van der Waals surface area contributed by atoms with Gasteiger partial charge in [0.05, 0.1) is 0 Å². The van der Waals surface area contributed by atoms with E-state index < -0.39 is 9.17 Å². The van der Waals surface area contributed by atoms with Crippen molar-refractivity contribution in [3.05, 3.63) is 0 Å². The van der Waals surface area contributed by atoms with Crippen LogP contribution in [0.25, 0.3) is 0 Å². The Labute approximate surface area is 343 Å². The van der Waals surface area contributed by atoms with E-state index in [4.69, 9.17) is 14.1 Å². The molecule has 3 nitrogen and oxygen atoms in total. The van der Waals surface area contributed by atoms with Crippen molar-refractivity contribution in [3.8, 4) is 0 Å². The molecule has 0 saturated carbocycles. The minimum Gasteiger partial charge on any atom is -1.00 e. The van der Waals surface area contributed by atoms with E-state index in [1.807, 2.05) is 0 Å². The van der Waals surface area contributed by atoms with Crippen LogP contribution >= 0.6 is 0 Å². The molecule has 0 unspecified atom stereocenters. The number of hydrogen-bond acceptors (Lipinski definition) is 3. The van der Waals surface area contributed by atoms with E-state index in [2.05, 4.69) is 0 Å². The third-order valence-electron chi connectivity index (χ3n) is 0. The van der Waals surface area contributed by atoms with Crippen LogP contribution < -0.4 is 333 Å². The standard InChI is InChI=1S/4K.4Na.O3Si.6H/c;;;;;;;;1-4(2)3;;;;;;/q8*+1;-2;6*-1. The molecule has 0 atom stereocenters. The Hall–Kier alpha value is 10.2. The van der Waals surface area contributed by atoms with Gasteiger partial charge in [0.15, 0.2) is 0 Å². The van der Waals surface area contributed by atoms with Crippen LogP contribution in [0.15, 0.2) is 0 Å². The molecule has 0 heterocycles. The predicted molar refractivity (Wildman–Crippen MR) is 13.1 cm³/mol. The third kappa shape index (κ3) is 71.7. The van der Waals surface area contributed by atoms with Crippen molar-refractivity contribution < 1.29 is 346 Å². The van der Waals surface area contributed by atoms with Gasteiger partial charge in [-0.2, -0.15) is 0 Å². The Morgan fingerprint density at radius 2 is 0.750 bits per heavy atom. The summed E-state index contributed by atoms with van der Waals surface area (Å²) in [5, 5.41) is 0. The quantitative estimate of drug-likeness (QED) is 0.415. The van der Waals surface area contributed by atoms with E-state index in [1.54, 1.807) is 0 Å². The van der Waals surface area contributed by atoms with Gasteiger partial charge >= 0.3 is 324 Å². The Morgan fingerprint density at radius 1 is 0.750 bits per heavy atom. The minimum atomic E-state index is -3.63. The summed E-state index contributed by atoms with van der Waals surface area (Å²) in [7, 11) is -3.63. The zero-order valence-electron chi connectivity index (χ0n) is 15.7. The largest absolute Gasteiger partial charge is 1.00 e. The zero-order valence-corrected chi connectivity index (χ0v) is 31.2. The average molecular weight is 330 g/mol. The maximum absolute atomic E-state index is 8.52. The Kier molecular flexibility index (Phi) is 237. The van der Waals surface area contributed by atoms with Crippen LogP contribution in [0.3, 0.4) is 0 Å². The molecule has 0 amide bonds. The minimum absolute atomic E-state index is 0. The molecule has 0 aliphatic heterocycles. The van der Waals surface area contributed by atoms with Gasteiger partial charge < -0.3 is 22.6 Å². The molecule has 12 heteroatoms. The van der Waals surface area contributed by atoms with Crippen LogP contribution in [0.4, 0.5) is 0 Å². The van der Waals surface area contributed by atoms with Gasteiger partial charge in [0.25, 0.3) is 0 Å². The van der Waals surface area contributed by atoms with Gasteiger partial charge in [0.2, 0.25) is 0 Å². The molecule has 0 aliphatic carbocycles. The van der Waals surface area contributed by atoms with Crippen molar-refractivity contribution in [1.29, 1.82) is 0 Å². The van der Waals surface area contributed by atoms with E-state index >= 15 is 0 Å². The first-order valence-corrected chi connectivity index (χ1v) is 1.84. The normalized spacial score (nSPS) is 2.00. The second-order valence-electron chi connectivity index (χ2n) is 0.250. The van der Waals surface area contributed by atoms with E-state index in [0.29, 0.717) is 0 Å². The van der Waals surface area contributed by atoms with Crippen LogP contribution in [0.2, 0.25) is 0 Å². The summed E-state index contributed by atoms with van der Waals surface area (Å²) in [6.45, 7) is 0. The van der Waals surface area contributed by atoms with E-state index in [1.165, 1.54) is 0 Å². The third-order valence-corrected chi connectivity index (χ3v) is 0. The van der Waals surface area contributed by atoms with Gasteiger partial charge in [-0.05, 0) is 0 Å². The van der Waals surface area contributed by atoms with E-state index in [0.717, 1.165) is 0 Å². The van der Waals surface area contributed by atoms with Crippen molar-refractivity contribution in [2.75, 3.05) is 0 Å². The Bertz CT molecular complexity index is 61.8. The molecule has 0 radical (unpaired) electrons. The SMILES string of the molecule is O=[Si]([O-])[O-].[H-].[H-].[H-].[H-].[H-].[H-].[K+].[K+].[K+].[K+].[Na+].[Na+].[Na+].[Na+]. The summed E-state index contributed by atoms with van der Waals surface area (Å²) in [6.07, 6.45) is 0.